The molecule has 0 atom stereocenters. The second kappa shape index (κ2) is 9.54. The van der Waals surface area contributed by atoms with E-state index in [9.17, 15) is 9.59 Å². The number of hydrogen-bond acceptors (Lipinski definition) is 5. The Morgan fingerprint density at radius 1 is 1.00 bits per heavy atom. The minimum atomic E-state index is -1.23. The lowest BCUT2D eigenvalue weighted by Gasteiger charge is -2.22. The smallest absolute Gasteiger partial charge is 0.316 e. The number of carbonyl (C=O) groups excluding carboxylic acids is 2. The quantitative estimate of drug-likeness (QED) is 0.332. The van der Waals surface area contributed by atoms with Crippen LogP contribution in [0.2, 0.25) is 0 Å². The fraction of sp³-hybridized carbons (Fsp3) is 0.867. The van der Waals surface area contributed by atoms with Crippen molar-refractivity contribution in [2.75, 3.05) is 19.8 Å². The molecular weight excluding hydrogens is 340 g/mol. The van der Waals surface area contributed by atoms with E-state index in [4.69, 9.17) is 14.9 Å². The molecule has 0 radical (unpaired) electrons. The zero-order valence-corrected chi connectivity index (χ0v) is 14.7. The van der Waals surface area contributed by atoms with E-state index in [1.54, 1.807) is 0 Å². The third-order valence-electron chi connectivity index (χ3n) is 3.39. The summed E-state index contributed by atoms with van der Waals surface area (Å²) in [6.07, 6.45) is 3.87. The number of carbonyl (C=O) groups is 2. The average molecular weight is 367 g/mol. The molecule has 0 aliphatic heterocycles. The first kappa shape index (κ1) is 20.5. The molecule has 2 N–H and O–H groups in total. The van der Waals surface area contributed by atoms with E-state index in [2.05, 4.69) is 15.9 Å². The van der Waals surface area contributed by atoms with Gasteiger partial charge >= 0.3 is 5.97 Å². The molecule has 21 heavy (non-hydrogen) atoms. The van der Waals surface area contributed by atoms with Gasteiger partial charge in [-0.05, 0) is 33.6 Å². The Morgan fingerprint density at radius 3 is 2.00 bits per heavy atom. The zero-order valence-electron chi connectivity index (χ0n) is 13.2. The summed E-state index contributed by atoms with van der Waals surface area (Å²) < 4.78 is 4.58. The van der Waals surface area contributed by atoms with Gasteiger partial charge in [0, 0.05) is 6.42 Å². The summed E-state index contributed by atoms with van der Waals surface area (Å²) in [7, 11) is 0. The third kappa shape index (κ3) is 7.93. The third-order valence-corrected chi connectivity index (χ3v) is 3.83. The molecule has 0 rings (SSSR count). The van der Waals surface area contributed by atoms with E-state index >= 15 is 0 Å². The van der Waals surface area contributed by atoms with E-state index in [0.29, 0.717) is 12.8 Å². The van der Waals surface area contributed by atoms with Crippen molar-refractivity contribution in [3.05, 3.63) is 0 Å². The van der Waals surface area contributed by atoms with Crippen LogP contribution in [0.15, 0.2) is 0 Å². The lowest BCUT2D eigenvalue weighted by molar-refractivity contribution is -0.160. The first-order valence-corrected chi connectivity index (χ1v) is 8.08. The summed E-state index contributed by atoms with van der Waals surface area (Å²) in [5.41, 5.74) is -1.23. The Labute approximate surface area is 135 Å². The predicted molar refractivity (Wildman–Crippen MR) is 84.3 cm³/mol. The monoisotopic (exact) mass is 366 g/mol. The molecule has 0 bridgehead atoms. The highest BCUT2D eigenvalue weighted by Gasteiger charge is 2.33. The van der Waals surface area contributed by atoms with E-state index in [1.165, 1.54) is 6.92 Å². The van der Waals surface area contributed by atoms with Gasteiger partial charge in [-0.2, -0.15) is 0 Å². The van der Waals surface area contributed by atoms with Gasteiger partial charge in [-0.3, -0.25) is 9.59 Å². The van der Waals surface area contributed by atoms with Crippen LogP contribution in [0.1, 0.15) is 52.9 Å². The number of ether oxygens (including phenoxy) is 1. The predicted octanol–water partition coefficient (Wildman–Crippen LogP) is 2.21. The molecule has 0 fully saturated rings. The van der Waals surface area contributed by atoms with E-state index < -0.39 is 28.9 Å². The maximum atomic E-state index is 11.7. The van der Waals surface area contributed by atoms with Crippen LogP contribution in [-0.2, 0) is 14.3 Å². The minimum Gasteiger partial charge on any atom is -0.465 e. The molecular formula is C15H27BrO5. The van der Waals surface area contributed by atoms with E-state index in [1.807, 2.05) is 13.8 Å². The van der Waals surface area contributed by atoms with Crippen molar-refractivity contribution in [3.63, 3.8) is 0 Å². The zero-order chi connectivity index (χ0) is 16.5. The minimum absolute atomic E-state index is 0.190. The lowest BCUT2D eigenvalue weighted by atomic mass is 9.93. The SMILES string of the molecule is CC(C)(Br)C(=O)CCCCCCOC(=O)C(C)(CO)CO. The molecule has 0 aliphatic rings. The van der Waals surface area contributed by atoms with Crippen molar-refractivity contribution in [2.45, 2.75) is 57.2 Å². The van der Waals surface area contributed by atoms with Gasteiger partial charge in [0.25, 0.3) is 0 Å². The van der Waals surface area contributed by atoms with Crippen molar-refractivity contribution in [1.29, 1.82) is 0 Å². The van der Waals surface area contributed by atoms with Gasteiger partial charge in [0.05, 0.1) is 24.1 Å². The van der Waals surface area contributed by atoms with Crippen molar-refractivity contribution in [2.24, 2.45) is 5.41 Å². The highest BCUT2D eigenvalue weighted by molar-refractivity contribution is 9.10. The number of hydrogen-bond donors (Lipinski definition) is 2. The first-order chi connectivity index (χ1) is 9.67. The van der Waals surface area contributed by atoms with Gasteiger partial charge in [0.2, 0.25) is 0 Å². The van der Waals surface area contributed by atoms with E-state index in [0.717, 1.165) is 19.3 Å². The molecule has 0 saturated heterocycles. The molecule has 0 amide bonds. The molecule has 0 heterocycles. The summed E-state index contributed by atoms with van der Waals surface area (Å²) in [5, 5.41) is 18.1. The molecule has 0 spiro atoms. The largest absolute Gasteiger partial charge is 0.465 e. The molecule has 0 aliphatic carbocycles. The van der Waals surface area contributed by atoms with Crippen molar-refractivity contribution in [1.82, 2.24) is 0 Å². The van der Waals surface area contributed by atoms with Crippen LogP contribution in [-0.4, -0.2) is 46.1 Å². The van der Waals surface area contributed by atoms with Crippen LogP contribution in [0.25, 0.3) is 0 Å². The molecule has 5 nitrogen and oxygen atoms in total. The summed E-state index contributed by atoms with van der Waals surface area (Å²) in [6, 6.07) is 0. The summed E-state index contributed by atoms with van der Waals surface area (Å²) in [5.74, 6) is -0.390. The number of aliphatic hydroxyl groups is 2. The highest BCUT2D eigenvalue weighted by atomic mass is 79.9. The van der Waals surface area contributed by atoms with Crippen LogP contribution >= 0.6 is 15.9 Å². The van der Waals surface area contributed by atoms with Gasteiger partial charge in [-0.15, -0.1) is 0 Å². The second-order valence-corrected chi connectivity index (χ2v) is 8.06. The van der Waals surface area contributed by atoms with Gasteiger partial charge in [-0.1, -0.05) is 28.8 Å². The van der Waals surface area contributed by atoms with Crippen molar-refractivity contribution >= 4 is 27.7 Å². The summed E-state index contributed by atoms with van der Waals surface area (Å²) >= 11 is 3.34. The fourth-order valence-corrected chi connectivity index (χ4v) is 1.75. The number of aliphatic hydroxyl groups excluding tert-OH is 2. The molecule has 0 aromatic carbocycles. The maximum Gasteiger partial charge on any atom is 0.316 e. The Morgan fingerprint density at radius 2 is 1.52 bits per heavy atom. The Kier molecular flexibility index (Phi) is 9.33. The van der Waals surface area contributed by atoms with Crippen LogP contribution in [0, 0.1) is 5.41 Å². The van der Waals surface area contributed by atoms with E-state index in [-0.39, 0.29) is 12.4 Å². The van der Waals surface area contributed by atoms with Crippen LogP contribution in [0.4, 0.5) is 0 Å². The number of alkyl halides is 1. The Hall–Kier alpha value is -0.460. The molecule has 0 saturated carbocycles. The van der Waals surface area contributed by atoms with Crippen LogP contribution in [0.3, 0.4) is 0 Å². The number of halogens is 1. The van der Waals surface area contributed by atoms with Crippen LogP contribution in [0.5, 0.6) is 0 Å². The highest BCUT2D eigenvalue weighted by Crippen LogP contribution is 2.20. The Balaban J connectivity index is 3.70. The molecule has 124 valence electrons. The van der Waals surface area contributed by atoms with Crippen molar-refractivity contribution in [3.8, 4) is 0 Å². The summed E-state index contributed by atoms with van der Waals surface area (Å²) in [4.78, 5) is 23.3. The number of esters is 1. The molecule has 0 aromatic heterocycles. The average Bonchev–Trinajstić information content (AvgIpc) is 2.43. The van der Waals surface area contributed by atoms with Gasteiger partial charge in [0.15, 0.2) is 0 Å². The number of rotatable bonds is 11. The number of unbranched alkanes of at least 4 members (excludes halogenated alkanes) is 3. The topological polar surface area (TPSA) is 83.8 Å². The van der Waals surface area contributed by atoms with Gasteiger partial charge in [-0.25, -0.2) is 0 Å². The van der Waals surface area contributed by atoms with Gasteiger partial charge in [0.1, 0.15) is 11.2 Å². The molecule has 6 heteroatoms. The fourth-order valence-electron chi connectivity index (χ4n) is 1.56. The second-order valence-electron chi connectivity index (χ2n) is 6.07. The van der Waals surface area contributed by atoms with Crippen molar-refractivity contribution < 1.29 is 24.5 Å². The maximum absolute atomic E-state index is 11.7. The first-order valence-electron chi connectivity index (χ1n) is 7.28. The Bertz CT molecular complexity index is 331. The molecule has 0 aromatic rings. The van der Waals surface area contributed by atoms with Crippen LogP contribution < -0.4 is 0 Å². The number of Topliss-reactive ketones (excluding diaryl/α,β-unsaturated/α-hetero) is 1. The standard InChI is InChI=1S/C15H27BrO5/c1-14(2,16)12(19)8-6-4-5-7-9-21-13(20)15(3,10-17)11-18/h17-18H,4-11H2,1-3H3. The summed E-state index contributed by atoms with van der Waals surface area (Å²) in [6.45, 7) is 4.54. The lowest BCUT2D eigenvalue weighted by Crippen LogP contribution is -2.37. The number of ketones is 1. The van der Waals surface area contributed by atoms with Gasteiger partial charge < -0.3 is 14.9 Å². The normalized spacial score (nSPS) is 12.3. The molecule has 0 unspecified atom stereocenters.